The Kier molecular flexibility index (Phi) is 4.18. The lowest BCUT2D eigenvalue weighted by Crippen LogP contribution is -1.97. The number of hydrogen-bond donors (Lipinski definition) is 1. The summed E-state index contributed by atoms with van der Waals surface area (Å²) < 4.78 is 10.5. The molecule has 0 aliphatic carbocycles. The standard InChI is InChI=1S/C18H13ClN4O2/c19-17-4-1-13(10-21-17)22-18-16-3-2-15(9-12(16)5-7-20-18)24-11-14-6-8-25-23-14/h1-10H,11H2,(H,20,22). The Bertz CT molecular complexity index is 988. The molecule has 0 saturated heterocycles. The fraction of sp³-hybridized carbons (Fsp3) is 0.0556. The minimum Gasteiger partial charge on any atom is -0.487 e. The van der Waals surface area contributed by atoms with E-state index in [2.05, 4.69) is 20.4 Å². The zero-order valence-corrected chi connectivity index (χ0v) is 13.8. The number of pyridine rings is 2. The zero-order chi connectivity index (χ0) is 17.1. The molecule has 25 heavy (non-hydrogen) atoms. The topological polar surface area (TPSA) is 73.1 Å². The van der Waals surface area contributed by atoms with Crippen LogP contribution in [0.2, 0.25) is 5.15 Å². The molecular formula is C18H13ClN4O2. The minimum atomic E-state index is 0.356. The van der Waals surface area contributed by atoms with Gasteiger partial charge in [0, 0.05) is 17.6 Å². The molecule has 0 bridgehead atoms. The molecule has 4 rings (SSSR count). The summed E-state index contributed by atoms with van der Waals surface area (Å²) >= 11 is 5.82. The Balaban J connectivity index is 1.57. The van der Waals surface area contributed by atoms with Gasteiger partial charge in [-0.15, -0.1) is 0 Å². The van der Waals surface area contributed by atoms with Crippen LogP contribution >= 0.6 is 11.6 Å². The zero-order valence-electron chi connectivity index (χ0n) is 13.0. The van der Waals surface area contributed by atoms with Gasteiger partial charge >= 0.3 is 0 Å². The number of ether oxygens (including phenoxy) is 1. The van der Waals surface area contributed by atoms with Crippen molar-refractivity contribution in [2.45, 2.75) is 6.61 Å². The Labute approximate surface area is 148 Å². The van der Waals surface area contributed by atoms with Crippen LogP contribution in [0.1, 0.15) is 5.69 Å². The maximum absolute atomic E-state index is 5.82. The summed E-state index contributed by atoms with van der Waals surface area (Å²) in [6.07, 6.45) is 4.93. The number of aromatic nitrogens is 3. The van der Waals surface area contributed by atoms with Crippen molar-refractivity contribution in [1.82, 2.24) is 15.1 Å². The van der Waals surface area contributed by atoms with Gasteiger partial charge in [-0.25, -0.2) is 9.97 Å². The van der Waals surface area contributed by atoms with Gasteiger partial charge in [-0.05, 0) is 41.8 Å². The molecule has 0 saturated carbocycles. The van der Waals surface area contributed by atoms with Gasteiger partial charge in [0.15, 0.2) is 0 Å². The van der Waals surface area contributed by atoms with E-state index in [-0.39, 0.29) is 0 Å². The van der Waals surface area contributed by atoms with Gasteiger partial charge in [0.2, 0.25) is 0 Å². The summed E-state index contributed by atoms with van der Waals surface area (Å²) in [5.74, 6) is 1.49. The average Bonchev–Trinajstić information content (AvgIpc) is 3.15. The lowest BCUT2D eigenvalue weighted by Gasteiger charge is -2.10. The lowest BCUT2D eigenvalue weighted by atomic mass is 10.1. The summed E-state index contributed by atoms with van der Waals surface area (Å²) in [6.45, 7) is 0.356. The molecule has 3 heterocycles. The molecule has 4 aromatic rings. The molecule has 0 amide bonds. The number of nitrogens with one attached hydrogen (secondary N) is 1. The summed E-state index contributed by atoms with van der Waals surface area (Å²) in [6, 6.07) is 13.1. The second-order valence-electron chi connectivity index (χ2n) is 5.32. The maximum Gasteiger partial charge on any atom is 0.138 e. The van der Waals surface area contributed by atoms with Crippen molar-refractivity contribution in [3.8, 4) is 5.75 Å². The molecule has 0 unspecified atom stereocenters. The van der Waals surface area contributed by atoms with Crippen molar-refractivity contribution in [2.24, 2.45) is 0 Å². The number of hydrogen-bond acceptors (Lipinski definition) is 6. The Hall–Kier alpha value is -3.12. The van der Waals surface area contributed by atoms with Crippen molar-refractivity contribution in [2.75, 3.05) is 5.32 Å². The molecule has 0 spiro atoms. The molecule has 0 atom stereocenters. The molecule has 3 aromatic heterocycles. The number of nitrogens with zero attached hydrogens (tertiary/aromatic N) is 3. The third-order valence-electron chi connectivity index (χ3n) is 3.60. The van der Waals surface area contributed by atoms with Crippen LogP contribution in [0.25, 0.3) is 10.8 Å². The van der Waals surface area contributed by atoms with Crippen molar-refractivity contribution < 1.29 is 9.26 Å². The first-order chi connectivity index (χ1) is 12.3. The Morgan fingerprint density at radius 1 is 1.08 bits per heavy atom. The van der Waals surface area contributed by atoms with Gasteiger partial charge < -0.3 is 14.6 Å². The van der Waals surface area contributed by atoms with Crippen LogP contribution in [-0.4, -0.2) is 15.1 Å². The molecular weight excluding hydrogens is 340 g/mol. The van der Waals surface area contributed by atoms with Crippen LogP contribution < -0.4 is 10.1 Å². The van der Waals surface area contributed by atoms with Gasteiger partial charge in [-0.3, -0.25) is 0 Å². The number of anilines is 2. The predicted octanol–water partition coefficient (Wildman–Crippen LogP) is 4.59. The molecule has 0 radical (unpaired) electrons. The van der Waals surface area contributed by atoms with Crippen molar-refractivity contribution >= 4 is 33.9 Å². The Morgan fingerprint density at radius 2 is 2.04 bits per heavy atom. The summed E-state index contributed by atoms with van der Waals surface area (Å²) in [5, 5.41) is 9.52. The summed E-state index contributed by atoms with van der Waals surface area (Å²) in [4.78, 5) is 8.47. The highest BCUT2D eigenvalue weighted by Gasteiger charge is 2.06. The molecule has 6 nitrogen and oxygen atoms in total. The van der Waals surface area contributed by atoms with E-state index in [1.54, 1.807) is 24.5 Å². The van der Waals surface area contributed by atoms with Crippen LogP contribution in [0, 0.1) is 0 Å². The van der Waals surface area contributed by atoms with Gasteiger partial charge in [-0.2, -0.15) is 0 Å². The van der Waals surface area contributed by atoms with Crippen LogP contribution in [0.3, 0.4) is 0 Å². The van der Waals surface area contributed by atoms with Crippen LogP contribution in [0.4, 0.5) is 11.5 Å². The van der Waals surface area contributed by atoms with Crippen LogP contribution in [0.15, 0.2) is 65.6 Å². The van der Waals surface area contributed by atoms with E-state index in [0.717, 1.165) is 33.7 Å². The minimum absolute atomic E-state index is 0.356. The molecule has 0 aliphatic heterocycles. The largest absolute Gasteiger partial charge is 0.487 e. The fourth-order valence-corrected chi connectivity index (χ4v) is 2.51. The normalized spacial score (nSPS) is 10.8. The first-order valence-corrected chi connectivity index (χ1v) is 7.95. The van der Waals surface area contributed by atoms with E-state index in [1.165, 1.54) is 6.26 Å². The second-order valence-corrected chi connectivity index (χ2v) is 5.70. The van der Waals surface area contributed by atoms with E-state index >= 15 is 0 Å². The quantitative estimate of drug-likeness (QED) is 0.529. The molecule has 1 aromatic carbocycles. The third-order valence-corrected chi connectivity index (χ3v) is 3.83. The van der Waals surface area contributed by atoms with Gasteiger partial charge in [-0.1, -0.05) is 16.8 Å². The highest BCUT2D eigenvalue weighted by atomic mass is 35.5. The predicted molar refractivity (Wildman–Crippen MR) is 95.1 cm³/mol. The van der Waals surface area contributed by atoms with Crippen molar-refractivity contribution in [1.29, 1.82) is 0 Å². The van der Waals surface area contributed by atoms with E-state index in [4.69, 9.17) is 20.9 Å². The SMILES string of the molecule is Clc1ccc(Nc2nccc3cc(OCc4ccon4)ccc23)cn1. The maximum atomic E-state index is 5.82. The number of benzene rings is 1. The molecule has 7 heteroatoms. The second kappa shape index (κ2) is 6.78. The van der Waals surface area contributed by atoms with Crippen molar-refractivity contribution in [3.05, 3.63) is 72.0 Å². The summed E-state index contributed by atoms with van der Waals surface area (Å²) in [5.41, 5.74) is 1.56. The van der Waals surface area contributed by atoms with Gasteiger partial charge in [0.05, 0.1) is 11.9 Å². The van der Waals surface area contributed by atoms with E-state index in [9.17, 15) is 0 Å². The molecule has 124 valence electrons. The monoisotopic (exact) mass is 352 g/mol. The fourth-order valence-electron chi connectivity index (χ4n) is 2.40. The molecule has 1 N–H and O–H groups in total. The van der Waals surface area contributed by atoms with E-state index in [0.29, 0.717) is 11.8 Å². The third kappa shape index (κ3) is 3.54. The van der Waals surface area contributed by atoms with Gasteiger partial charge in [0.1, 0.15) is 35.3 Å². The van der Waals surface area contributed by atoms with Crippen molar-refractivity contribution in [3.63, 3.8) is 0 Å². The van der Waals surface area contributed by atoms with Crippen LogP contribution in [-0.2, 0) is 6.61 Å². The number of fused-ring (bicyclic) bond motifs is 1. The van der Waals surface area contributed by atoms with Gasteiger partial charge in [0.25, 0.3) is 0 Å². The van der Waals surface area contributed by atoms with E-state index < -0.39 is 0 Å². The molecule has 0 fully saturated rings. The number of rotatable bonds is 5. The first kappa shape index (κ1) is 15.4. The summed E-state index contributed by atoms with van der Waals surface area (Å²) in [7, 11) is 0. The average molecular weight is 353 g/mol. The Morgan fingerprint density at radius 3 is 2.84 bits per heavy atom. The number of halogens is 1. The first-order valence-electron chi connectivity index (χ1n) is 7.57. The van der Waals surface area contributed by atoms with E-state index in [1.807, 2.05) is 30.3 Å². The van der Waals surface area contributed by atoms with Crippen LogP contribution in [0.5, 0.6) is 5.75 Å². The molecule has 0 aliphatic rings. The lowest BCUT2D eigenvalue weighted by molar-refractivity contribution is 0.289. The smallest absolute Gasteiger partial charge is 0.138 e. The highest BCUT2D eigenvalue weighted by Crippen LogP contribution is 2.28. The highest BCUT2D eigenvalue weighted by molar-refractivity contribution is 6.29.